The van der Waals surface area contributed by atoms with Gasteiger partial charge in [0, 0.05) is 12.3 Å². The van der Waals surface area contributed by atoms with Crippen LogP contribution in [-0.4, -0.2) is 5.78 Å². The number of rotatable bonds is 1. The first-order valence-electron chi connectivity index (χ1n) is 8.60. The van der Waals surface area contributed by atoms with Crippen LogP contribution in [-0.2, 0) is 4.79 Å². The van der Waals surface area contributed by atoms with Gasteiger partial charge in [0.2, 0.25) is 0 Å². The average molecular weight is 262 g/mol. The van der Waals surface area contributed by atoms with Gasteiger partial charge < -0.3 is 0 Å². The Bertz CT molecular complexity index is 348. The van der Waals surface area contributed by atoms with Crippen molar-refractivity contribution in [1.29, 1.82) is 0 Å². The van der Waals surface area contributed by atoms with Crippen molar-refractivity contribution >= 4 is 5.78 Å². The number of carbonyl (C=O) groups is 1. The predicted molar refractivity (Wildman–Crippen MR) is 78.8 cm³/mol. The molecule has 3 rings (SSSR count). The summed E-state index contributed by atoms with van der Waals surface area (Å²) in [6.45, 7) is 7.18. The largest absolute Gasteiger partial charge is 0.299 e. The summed E-state index contributed by atoms with van der Waals surface area (Å²) in [5.74, 6) is 6.47. The molecule has 1 heteroatoms. The summed E-state index contributed by atoms with van der Waals surface area (Å²) in [6, 6.07) is 0. The summed E-state index contributed by atoms with van der Waals surface area (Å²) in [5, 5.41) is 0. The van der Waals surface area contributed by atoms with Crippen LogP contribution < -0.4 is 0 Å². The summed E-state index contributed by atoms with van der Waals surface area (Å²) in [4.78, 5) is 11.8. The Morgan fingerprint density at radius 3 is 2.37 bits per heavy atom. The molecule has 7 unspecified atom stereocenters. The maximum absolute atomic E-state index is 11.8. The molecule has 0 amide bonds. The Balaban J connectivity index is 1.72. The van der Waals surface area contributed by atoms with Crippen LogP contribution in [0.1, 0.15) is 65.7 Å². The fourth-order valence-corrected chi connectivity index (χ4v) is 5.80. The monoisotopic (exact) mass is 262 g/mol. The summed E-state index contributed by atoms with van der Waals surface area (Å²) in [7, 11) is 0. The first kappa shape index (κ1) is 13.6. The third-order valence-electron chi connectivity index (χ3n) is 6.92. The second-order valence-electron chi connectivity index (χ2n) is 7.90. The van der Waals surface area contributed by atoms with E-state index in [1.54, 1.807) is 0 Å². The van der Waals surface area contributed by atoms with E-state index in [0.717, 1.165) is 41.9 Å². The molecule has 0 spiro atoms. The highest BCUT2D eigenvalue weighted by atomic mass is 16.1. The molecule has 19 heavy (non-hydrogen) atoms. The summed E-state index contributed by atoms with van der Waals surface area (Å²) < 4.78 is 0. The van der Waals surface area contributed by atoms with Crippen LogP contribution >= 0.6 is 0 Å². The lowest BCUT2D eigenvalue weighted by molar-refractivity contribution is -0.126. The highest BCUT2D eigenvalue weighted by Crippen LogP contribution is 2.53. The zero-order valence-electron chi connectivity index (χ0n) is 12.9. The van der Waals surface area contributed by atoms with Gasteiger partial charge in [-0.05, 0) is 67.6 Å². The number of carbonyl (C=O) groups excluding carboxylic acids is 1. The second kappa shape index (κ2) is 5.22. The first-order valence-corrected chi connectivity index (χ1v) is 8.60. The van der Waals surface area contributed by atoms with Crippen molar-refractivity contribution in [2.75, 3.05) is 0 Å². The van der Waals surface area contributed by atoms with Crippen LogP contribution in [0.3, 0.4) is 0 Å². The van der Waals surface area contributed by atoms with E-state index in [2.05, 4.69) is 20.8 Å². The van der Waals surface area contributed by atoms with E-state index in [9.17, 15) is 4.79 Å². The molecule has 0 N–H and O–H groups in total. The van der Waals surface area contributed by atoms with E-state index >= 15 is 0 Å². The molecule has 0 bridgehead atoms. The molecule has 0 saturated heterocycles. The molecule has 0 heterocycles. The number of ketones is 1. The lowest BCUT2D eigenvalue weighted by Gasteiger charge is -2.47. The molecular weight excluding hydrogens is 232 g/mol. The van der Waals surface area contributed by atoms with Crippen molar-refractivity contribution in [3.05, 3.63) is 0 Å². The summed E-state index contributed by atoms with van der Waals surface area (Å²) in [5.41, 5.74) is 0. The van der Waals surface area contributed by atoms with E-state index in [4.69, 9.17) is 0 Å². The van der Waals surface area contributed by atoms with Gasteiger partial charge in [0.15, 0.2) is 0 Å². The fourth-order valence-electron chi connectivity index (χ4n) is 5.80. The smallest absolute Gasteiger partial charge is 0.135 e. The third kappa shape index (κ3) is 2.38. The van der Waals surface area contributed by atoms with Gasteiger partial charge in [-0.25, -0.2) is 0 Å². The molecule has 3 fully saturated rings. The number of Topliss-reactive ketones (excluding diaryl/α,β-unsaturated/α-hetero) is 1. The molecule has 3 aliphatic rings. The Morgan fingerprint density at radius 2 is 1.63 bits per heavy atom. The molecule has 0 aliphatic heterocycles. The van der Waals surface area contributed by atoms with Gasteiger partial charge >= 0.3 is 0 Å². The van der Waals surface area contributed by atoms with Gasteiger partial charge in [0.1, 0.15) is 5.78 Å². The SMILES string of the molecule is CC1CC(C2CC(C)C3CCCC3C2C)CCC1=O. The van der Waals surface area contributed by atoms with Crippen LogP contribution in [0.5, 0.6) is 0 Å². The minimum Gasteiger partial charge on any atom is -0.299 e. The second-order valence-corrected chi connectivity index (χ2v) is 7.90. The molecule has 0 aromatic rings. The van der Waals surface area contributed by atoms with E-state index < -0.39 is 0 Å². The fraction of sp³-hybridized carbons (Fsp3) is 0.944. The highest BCUT2D eigenvalue weighted by molar-refractivity contribution is 5.81. The van der Waals surface area contributed by atoms with Crippen LogP contribution in [0.2, 0.25) is 0 Å². The predicted octanol–water partition coefficient (Wildman–Crippen LogP) is 4.70. The Morgan fingerprint density at radius 1 is 0.895 bits per heavy atom. The van der Waals surface area contributed by atoms with Gasteiger partial charge in [-0.2, -0.15) is 0 Å². The molecule has 3 aliphatic carbocycles. The van der Waals surface area contributed by atoms with Crippen molar-refractivity contribution in [1.82, 2.24) is 0 Å². The highest BCUT2D eigenvalue weighted by Gasteiger charge is 2.46. The van der Waals surface area contributed by atoms with Gasteiger partial charge in [-0.3, -0.25) is 4.79 Å². The molecule has 3 saturated carbocycles. The van der Waals surface area contributed by atoms with E-state index in [1.165, 1.54) is 38.5 Å². The zero-order valence-corrected chi connectivity index (χ0v) is 12.9. The van der Waals surface area contributed by atoms with Crippen molar-refractivity contribution < 1.29 is 4.79 Å². The van der Waals surface area contributed by atoms with Gasteiger partial charge in [0.25, 0.3) is 0 Å². The van der Waals surface area contributed by atoms with Crippen molar-refractivity contribution in [2.45, 2.75) is 65.7 Å². The van der Waals surface area contributed by atoms with E-state index in [0.29, 0.717) is 11.7 Å². The topological polar surface area (TPSA) is 17.1 Å². The van der Waals surface area contributed by atoms with Crippen molar-refractivity contribution in [3.63, 3.8) is 0 Å². The minimum atomic E-state index is 0.336. The lowest BCUT2D eigenvalue weighted by atomic mass is 9.58. The maximum atomic E-state index is 11.8. The number of hydrogen-bond acceptors (Lipinski definition) is 1. The quantitative estimate of drug-likeness (QED) is 0.669. The molecule has 0 aromatic heterocycles. The van der Waals surface area contributed by atoms with Gasteiger partial charge in [-0.15, -0.1) is 0 Å². The summed E-state index contributed by atoms with van der Waals surface area (Å²) >= 11 is 0. The molecule has 1 nitrogen and oxygen atoms in total. The van der Waals surface area contributed by atoms with Gasteiger partial charge in [0.05, 0.1) is 0 Å². The van der Waals surface area contributed by atoms with Crippen molar-refractivity contribution in [3.8, 4) is 0 Å². The minimum absolute atomic E-state index is 0.336. The van der Waals surface area contributed by atoms with Crippen LogP contribution in [0, 0.1) is 41.4 Å². The van der Waals surface area contributed by atoms with E-state index in [1.807, 2.05) is 0 Å². The van der Waals surface area contributed by atoms with E-state index in [-0.39, 0.29) is 0 Å². The van der Waals surface area contributed by atoms with Crippen LogP contribution in [0.25, 0.3) is 0 Å². The lowest BCUT2D eigenvalue weighted by Crippen LogP contribution is -2.40. The summed E-state index contributed by atoms with van der Waals surface area (Å²) in [6.07, 6.45) is 9.10. The molecule has 0 radical (unpaired) electrons. The Kier molecular flexibility index (Phi) is 3.75. The van der Waals surface area contributed by atoms with Crippen molar-refractivity contribution in [2.24, 2.45) is 41.4 Å². The standard InChI is InChI=1S/C18H30O/c1-11-10-17(13(3)16-6-4-5-15(11)16)14-7-8-18(19)12(2)9-14/h11-17H,4-10H2,1-3H3. The number of fused-ring (bicyclic) bond motifs is 1. The van der Waals surface area contributed by atoms with Gasteiger partial charge in [-0.1, -0.05) is 27.2 Å². The van der Waals surface area contributed by atoms with Crippen LogP contribution in [0.15, 0.2) is 0 Å². The normalized spacial score (nSPS) is 51.1. The molecule has 7 atom stereocenters. The molecule has 0 aromatic carbocycles. The van der Waals surface area contributed by atoms with Crippen LogP contribution in [0.4, 0.5) is 0 Å². The zero-order chi connectivity index (χ0) is 13.6. The maximum Gasteiger partial charge on any atom is 0.135 e. The third-order valence-corrected chi connectivity index (χ3v) is 6.92. The first-order chi connectivity index (χ1) is 9.08. The average Bonchev–Trinajstić information content (AvgIpc) is 2.87. The Labute approximate surface area is 118 Å². The Hall–Kier alpha value is -0.330. The molecule has 108 valence electrons. The molecular formula is C18H30O. The number of hydrogen-bond donors (Lipinski definition) is 0.